The maximum atomic E-state index is 12.9. The van der Waals surface area contributed by atoms with Gasteiger partial charge in [-0.25, -0.2) is 4.79 Å². The molecule has 0 radical (unpaired) electrons. The van der Waals surface area contributed by atoms with Crippen LogP contribution in [0.1, 0.15) is 28.8 Å². The van der Waals surface area contributed by atoms with E-state index in [0.29, 0.717) is 30.7 Å². The lowest BCUT2D eigenvalue weighted by atomic mass is 9.73. The second-order valence-electron chi connectivity index (χ2n) is 8.12. The first-order chi connectivity index (χ1) is 15.9. The molecule has 2 heterocycles. The van der Waals surface area contributed by atoms with Gasteiger partial charge in [-0.2, -0.15) is 17.0 Å². The fourth-order valence-electron chi connectivity index (χ4n) is 4.41. The maximum Gasteiger partial charge on any atom is 0.424 e. The number of benzene rings is 2. The van der Waals surface area contributed by atoms with E-state index >= 15 is 0 Å². The van der Waals surface area contributed by atoms with Gasteiger partial charge in [-0.3, -0.25) is 4.79 Å². The first kappa shape index (κ1) is 23.1. The lowest BCUT2D eigenvalue weighted by molar-refractivity contribution is 0.0929. The van der Waals surface area contributed by atoms with E-state index in [4.69, 9.17) is 9.47 Å². The van der Waals surface area contributed by atoms with Crippen LogP contribution in [0.5, 0.6) is 5.75 Å². The molecular formula is C23H27N3O6S. The third kappa shape index (κ3) is 4.53. The van der Waals surface area contributed by atoms with E-state index in [1.54, 1.807) is 24.3 Å². The zero-order valence-corrected chi connectivity index (χ0v) is 19.2. The summed E-state index contributed by atoms with van der Waals surface area (Å²) in [5.41, 5.74) is 1.02. The minimum Gasteiger partial charge on any atom is -0.496 e. The van der Waals surface area contributed by atoms with Crippen LogP contribution in [0.2, 0.25) is 0 Å². The summed E-state index contributed by atoms with van der Waals surface area (Å²) in [6, 6.07) is 16.8. The van der Waals surface area contributed by atoms with Crippen LogP contribution >= 0.6 is 0 Å². The Kier molecular flexibility index (Phi) is 6.57. The third-order valence-corrected chi connectivity index (χ3v) is 8.24. The highest BCUT2D eigenvalue weighted by Gasteiger charge is 2.44. The van der Waals surface area contributed by atoms with Crippen LogP contribution in [0.15, 0.2) is 54.6 Å². The highest BCUT2D eigenvalue weighted by Crippen LogP contribution is 2.36. The van der Waals surface area contributed by atoms with E-state index in [2.05, 4.69) is 5.32 Å². The lowest BCUT2D eigenvalue weighted by Gasteiger charge is -2.42. The minimum absolute atomic E-state index is 0.0243. The Bertz CT molecular complexity index is 1110. The summed E-state index contributed by atoms with van der Waals surface area (Å²) in [5, 5.41) is 3.03. The molecule has 0 aliphatic carbocycles. The second kappa shape index (κ2) is 9.40. The molecule has 0 bridgehead atoms. The summed E-state index contributed by atoms with van der Waals surface area (Å²) in [6.07, 6.45) is 0.149. The summed E-state index contributed by atoms with van der Waals surface area (Å²) in [7, 11) is -2.42. The average Bonchev–Trinajstić information content (AvgIpc) is 3.30. The van der Waals surface area contributed by atoms with Crippen LogP contribution in [0.25, 0.3) is 0 Å². The molecule has 9 nitrogen and oxygen atoms in total. The van der Waals surface area contributed by atoms with E-state index in [0.717, 1.165) is 9.87 Å². The molecule has 2 aromatic carbocycles. The van der Waals surface area contributed by atoms with Crippen molar-refractivity contribution in [3.05, 3.63) is 65.7 Å². The highest BCUT2D eigenvalue weighted by atomic mass is 32.2. The van der Waals surface area contributed by atoms with Gasteiger partial charge in [0.15, 0.2) is 0 Å². The minimum atomic E-state index is -3.94. The van der Waals surface area contributed by atoms with Crippen molar-refractivity contribution in [3.8, 4) is 5.75 Å². The molecule has 2 aliphatic heterocycles. The van der Waals surface area contributed by atoms with E-state index in [-0.39, 0.29) is 32.1 Å². The predicted molar refractivity (Wildman–Crippen MR) is 121 cm³/mol. The van der Waals surface area contributed by atoms with Crippen LogP contribution in [-0.4, -0.2) is 68.9 Å². The molecule has 2 saturated heterocycles. The Morgan fingerprint density at radius 2 is 1.73 bits per heavy atom. The van der Waals surface area contributed by atoms with Crippen LogP contribution in [0.3, 0.4) is 0 Å². The fourth-order valence-corrected chi connectivity index (χ4v) is 5.88. The smallest absolute Gasteiger partial charge is 0.424 e. The summed E-state index contributed by atoms with van der Waals surface area (Å²) < 4.78 is 38.1. The number of methoxy groups -OCH3 is 1. The van der Waals surface area contributed by atoms with Crippen LogP contribution < -0.4 is 10.1 Å². The topological polar surface area (TPSA) is 105 Å². The standard InChI is InChI=1S/C23H27N3O6S/c1-31-20-10-6-5-9-19(20)21(27)24-17-23(18-7-3-2-4-8-18)11-13-25(14-12-23)33(29,30)26-15-16-32-22(26)28/h2-10H,11-17H2,1H3,(H,24,27). The molecule has 0 atom stereocenters. The van der Waals surface area contributed by atoms with Gasteiger partial charge in [0, 0.05) is 25.0 Å². The lowest BCUT2D eigenvalue weighted by Crippen LogP contribution is -2.53. The van der Waals surface area contributed by atoms with Gasteiger partial charge in [0.25, 0.3) is 5.91 Å². The molecule has 0 saturated carbocycles. The first-order valence-electron chi connectivity index (χ1n) is 10.8. The molecule has 4 rings (SSSR count). The Labute approximate surface area is 193 Å². The first-order valence-corrected chi connectivity index (χ1v) is 12.2. The Balaban J connectivity index is 1.52. The van der Waals surface area contributed by atoms with Crippen molar-refractivity contribution in [1.29, 1.82) is 0 Å². The number of hydrogen-bond acceptors (Lipinski definition) is 6. The van der Waals surface area contributed by atoms with Crippen molar-refractivity contribution in [2.45, 2.75) is 18.3 Å². The molecule has 1 N–H and O–H groups in total. The molecule has 0 aromatic heterocycles. The largest absolute Gasteiger partial charge is 0.496 e. The number of para-hydroxylation sites is 1. The quantitative estimate of drug-likeness (QED) is 0.661. The van der Waals surface area contributed by atoms with Crippen molar-refractivity contribution in [1.82, 2.24) is 13.9 Å². The normalized spacial score (nSPS) is 18.6. The molecule has 2 fully saturated rings. The Morgan fingerprint density at radius 3 is 2.36 bits per heavy atom. The van der Waals surface area contributed by atoms with E-state index in [9.17, 15) is 18.0 Å². The van der Waals surface area contributed by atoms with Gasteiger partial charge < -0.3 is 14.8 Å². The molecule has 0 unspecified atom stereocenters. The van der Waals surface area contributed by atoms with Crippen molar-refractivity contribution in [2.24, 2.45) is 0 Å². The highest BCUT2D eigenvalue weighted by molar-refractivity contribution is 7.87. The van der Waals surface area contributed by atoms with Crippen molar-refractivity contribution in [3.63, 3.8) is 0 Å². The molecule has 2 aliphatic rings. The number of rotatable bonds is 7. The van der Waals surface area contributed by atoms with Crippen LogP contribution in [0, 0.1) is 0 Å². The maximum absolute atomic E-state index is 12.9. The molecular weight excluding hydrogens is 446 g/mol. The predicted octanol–water partition coefficient (Wildman–Crippen LogP) is 2.16. The number of ether oxygens (including phenoxy) is 2. The number of cyclic esters (lactones) is 1. The van der Waals surface area contributed by atoms with Gasteiger partial charge >= 0.3 is 16.3 Å². The summed E-state index contributed by atoms with van der Waals surface area (Å²) in [6.45, 7) is 0.885. The average molecular weight is 474 g/mol. The van der Waals surface area contributed by atoms with Crippen LogP contribution in [0.4, 0.5) is 4.79 Å². The van der Waals surface area contributed by atoms with Crippen molar-refractivity contribution in [2.75, 3.05) is 39.9 Å². The Hall–Kier alpha value is -3.11. The molecule has 33 heavy (non-hydrogen) atoms. The van der Waals surface area contributed by atoms with Gasteiger partial charge in [0.1, 0.15) is 12.4 Å². The molecule has 2 aromatic rings. The number of hydrogen-bond donors (Lipinski definition) is 1. The molecule has 0 spiro atoms. The molecule has 10 heteroatoms. The summed E-state index contributed by atoms with van der Waals surface area (Å²) >= 11 is 0. The SMILES string of the molecule is COc1ccccc1C(=O)NCC1(c2ccccc2)CCN(S(=O)(=O)N2CCOC2=O)CC1. The van der Waals surface area contributed by atoms with Gasteiger partial charge in [-0.1, -0.05) is 42.5 Å². The number of nitrogens with zero attached hydrogens (tertiary/aromatic N) is 2. The van der Waals surface area contributed by atoms with Gasteiger partial charge in [0.05, 0.1) is 19.2 Å². The number of piperidine rings is 1. The van der Waals surface area contributed by atoms with E-state index < -0.39 is 21.7 Å². The zero-order valence-electron chi connectivity index (χ0n) is 18.4. The molecule has 176 valence electrons. The monoisotopic (exact) mass is 473 g/mol. The van der Waals surface area contributed by atoms with Gasteiger partial charge in [-0.15, -0.1) is 0 Å². The molecule has 2 amide bonds. The van der Waals surface area contributed by atoms with E-state index in [1.165, 1.54) is 11.4 Å². The zero-order chi connectivity index (χ0) is 23.5. The number of nitrogens with one attached hydrogen (secondary N) is 1. The number of carbonyl (C=O) groups excluding carboxylic acids is 2. The van der Waals surface area contributed by atoms with Crippen molar-refractivity contribution >= 4 is 22.2 Å². The summed E-state index contributed by atoms with van der Waals surface area (Å²) in [4.78, 5) is 24.7. The van der Waals surface area contributed by atoms with Crippen LogP contribution in [-0.2, 0) is 20.4 Å². The summed E-state index contributed by atoms with van der Waals surface area (Å²) in [5.74, 6) is 0.236. The van der Waals surface area contributed by atoms with Crippen molar-refractivity contribution < 1.29 is 27.5 Å². The van der Waals surface area contributed by atoms with E-state index in [1.807, 2.05) is 30.3 Å². The Morgan fingerprint density at radius 1 is 1.06 bits per heavy atom. The number of amides is 2. The van der Waals surface area contributed by atoms with Gasteiger partial charge in [-0.05, 0) is 30.5 Å². The fraction of sp³-hybridized carbons (Fsp3) is 0.391. The number of carbonyl (C=O) groups is 2. The second-order valence-corrected chi connectivity index (χ2v) is 9.98. The third-order valence-electron chi connectivity index (χ3n) is 6.33. The van der Waals surface area contributed by atoms with Gasteiger partial charge in [0.2, 0.25) is 0 Å².